The Labute approximate surface area is 107 Å². The van der Waals surface area contributed by atoms with Gasteiger partial charge in [-0.3, -0.25) is 4.79 Å². The summed E-state index contributed by atoms with van der Waals surface area (Å²) in [4.78, 5) is 12.0. The second-order valence-electron chi connectivity index (χ2n) is 4.67. The number of benzene rings is 1. The first-order valence-corrected chi connectivity index (χ1v) is 6.48. The van der Waals surface area contributed by atoms with Gasteiger partial charge in [0.2, 0.25) is 0 Å². The minimum atomic E-state index is -0.161. The summed E-state index contributed by atoms with van der Waals surface area (Å²) in [6.45, 7) is 3.75. The number of hydrogen-bond donors (Lipinski definition) is 3. The molecular formula is C14H20N2O2. The number of aliphatic hydroxyl groups excluding tert-OH is 1. The Balaban J connectivity index is 2.11. The van der Waals surface area contributed by atoms with Crippen molar-refractivity contribution in [3.63, 3.8) is 0 Å². The van der Waals surface area contributed by atoms with E-state index in [0.717, 1.165) is 25.9 Å². The zero-order valence-electron chi connectivity index (χ0n) is 10.7. The minimum Gasteiger partial charge on any atom is -0.394 e. The predicted octanol–water partition coefficient (Wildman–Crippen LogP) is 0.833. The van der Waals surface area contributed by atoms with Crippen LogP contribution < -0.4 is 10.6 Å². The van der Waals surface area contributed by atoms with Gasteiger partial charge in [0.15, 0.2) is 0 Å². The maximum Gasteiger partial charge on any atom is 0.251 e. The highest BCUT2D eigenvalue weighted by Gasteiger charge is 2.14. The van der Waals surface area contributed by atoms with Crippen molar-refractivity contribution in [2.45, 2.75) is 32.4 Å². The summed E-state index contributed by atoms with van der Waals surface area (Å²) in [5.41, 5.74) is 3.19. The van der Waals surface area contributed by atoms with E-state index in [1.807, 2.05) is 25.1 Å². The topological polar surface area (TPSA) is 61.4 Å². The molecule has 1 aromatic rings. The first-order chi connectivity index (χ1) is 8.74. The van der Waals surface area contributed by atoms with Gasteiger partial charge in [-0.1, -0.05) is 13.0 Å². The first kappa shape index (κ1) is 13.1. The van der Waals surface area contributed by atoms with Crippen LogP contribution in [0.1, 0.15) is 34.8 Å². The number of carbonyl (C=O) groups is 1. The fraction of sp³-hybridized carbons (Fsp3) is 0.500. The molecule has 0 saturated heterocycles. The Kier molecular flexibility index (Phi) is 4.33. The van der Waals surface area contributed by atoms with E-state index in [-0.39, 0.29) is 18.6 Å². The molecule has 1 heterocycles. The number of amides is 1. The van der Waals surface area contributed by atoms with E-state index >= 15 is 0 Å². The summed E-state index contributed by atoms with van der Waals surface area (Å²) in [6.07, 6.45) is 1.75. The molecule has 1 aromatic carbocycles. The third kappa shape index (κ3) is 2.89. The van der Waals surface area contributed by atoms with E-state index in [1.54, 1.807) is 0 Å². The van der Waals surface area contributed by atoms with E-state index in [9.17, 15) is 4.79 Å². The molecule has 3 N–H and O–H groups in total. The van der Waals surface area contributed by atoms with Gasteiger partial charge in [-0.25, -0.2) is 0 Å². The van der Waals surface area contributed by atoms with Crippen LogP contribution in [0.25, 0.3) is 0 Å². The zero-order valence-corrected chi connectivity index (χ0v) is 10.7. The van der Waals surface area contributed by atoms with Crippen molar-refractivity contribution in [2.24, 2.45) is 0 Å². The fourth-order valence-corrected chi connectivity index (χ4v) is 2.17. The Morgan fingerprint density at radius 1 is 1.50 bits per heavy atom. The number of nitrogens with one attached hydrogen (secondary N) is 2. The quantitative estimate of drug-likeness (QED) is 0.739. The smallest absolute Gasteiger partial charge is 0.251 e. The van der Waals surface area contributed by atoms with Crippen molar-refractivity contribution in [1.29, 1.82) is 0 Å². The summed E-state index contributed by atoms with van der Waals surface area (Å²) < 4.78 is 0. The molecule has 2 rings (SSSR count). The fourth-order valence-electron chi connectivity index (χ4n) is 2.17. The lowest BCUT2D eigenvalue weighted by atomic mass is 9.98. The van der Waals surface area contributed by atoms with E-state index in [4.69, 9.17) is 5.11 Å². The number of carbonyl (C=O) groups excluding carboxylic acids is 1. The number of hydrogen-bond acceptors (Lipinski definition) is 3. The largest absolute Gasteiger partial charge is 0.394 e. The molecule has 18 heavy (non-hydrogen) atoms. The standard InChI is InChI=1S/C14H20N2O2/c1-2-13(9-17)16-14(18)11-4-3-10-5-6-15-8-12(10)7-11/h3-4,7,13,15,17H,2,5-6,8-9H2,1H3,(H,16,18)/t13-/m0/s1. The van der Waals surface area contributed by atoms with E-state index in [0.29, 0.717) is 5.56 Å². The molecule has 4 nitrogen and oxygen atoms in total. The van der Waals surface area contributed by atoms with Crippen LogP contribution in [-0.4, -0.2) is 30.2 Å². The first-order valence-electron chi connectivity index (χ1n) is 6.48. The van der Waals surface area contributed by atoms with Gasteiger partial charge in [0.1, 0.15) is 0 Å². The van der Waals surface area contributed by atoms with Crippen molar-refractivity contribution < 1.29 is 9.90 Å². The van der Waals surface area contributed by atoms with Gasteiger partial charge in [-0.05, 0) is 42.6 Å². The molecule has 0 fully saturated rings. The van der Waals surface area contributed by atoms with Crippen LogP contribution in [0.5, 0.6) is 0 Å². The second kappa shape index (κ2) is 5.98. The molecule has 98 valence electrons. The molecule has 0 bridgehead atoms. The maximum atomic E-state index is 12.0. The molecular weight excluding hydrogens is 228 g/mol. The molecule has 0 saturated carbocycles. The van der Waals surface area contributed by atoms with Crippen molar-refractivity contribution in [3.05, 3.63) is 34.9 Å². The van der Waals surface area contributed by atoms with Crippen LogP contribution in [0.4, 0.5) is 0 Å². The molecule has 4 heteroatoms. The van der Waals surface area contributed by atoms with Gasteiger partial charge in [0.25, 0.3) is 5.91 Å². The third-order valence-electron chi connectivity index (χ3n) is 3.40. The third-order valence-corrected chi connectivity index (χ3v) is 3.40. The Morgan fingerprint density at radius 2 is 2.33 bits per heavy atom. The normalized spacial score (nSPS) is 15.9. The van der Waals surface area contributed by atoms with Gasteiger partial charge < -0.3 is 15.7 Å². The molecule has 0 aromatic heterocycles. The summed E-state index contributed by atoms with van der Waals surface area (Å²) in [5.74, 6) is -0.107. The van der Waals surface area contributed by atoms with Gasteiger partial charge in [0, 0.05) is 12.1 Å². The van der Waals surface area contributed by atoms with Gasteiger partial charge >= 0.3 is 0 Å². The highest BCUT2D eigenvalue weighted by Crippen LogP contribution is 2.16. The summed E-state index contributed by atoms with van der Waals surface area (Å²) in [5, 5.41) is 15.2. The molecule has 0 radical (unpaired) electrons. The average molecular weight is 248 g/mol. The van der Waals surface area contributed by atoms with Crippen LogP contribution >= 0.6 is 0 Å². The van der Waals surface area contributed by atoms with Gasteiger partial charge in [-0.15, -0.1) is 0 Å². The van der Waals surface area contributed by atoms with Gasteiger partial charge in [-0.2, -0.15) is 0 Å². The molecule has 1 atom stereocenters. The monoisotopic (exact) mass is 248 g/mol. The highest BCUT2D eigenvalue weighted by molar-refractivity contribution is 5.94. The molecule has 0 unspecified atom stereocenters. The highest BCUT2D eigenvalue weighted by atomic mass is 16.3. The van der Waals surface area contributed by atoms with Crippen LogP contribution in [0.2, 0.25) is 0 Å². The SMILES string of the molecule is CC[C@@H](CO)NC(=O)c1ccc2c(c1)CNCC2. The van der Waals surface area contributed by atoms with Crippen LogP contribution in [0.3, 0.4) is 0 Å². The van der Waals surface area contributed by atoms with Crippen molar-refractivity contribution in [1.82, 2.24) is 10.6 Å². The lowest BCUT2D eigenvalue weighted by Crippen LogP contribution is -2.37. The van der Waals surface area contributed by atoms with Crippen LogP contribution in [-0.2, 0) is 13.0 Å². The summed E-state index contributed by atoms with van der Waals surface area (Å²) in [7, 11) is 0. The van der Waals surface area contributed by atoms with Crippen LogP contribution in [0.15, 0.2) is 18.2 Å². The van der Waals surface area contributed by atoms with Crippen molar-refractivity contribution >= 4 is 5.91 Å². The zero-order chi connectivity index (χ0) is 13.0. The number of aliphatic hydroxyl groups is 1. The number of rotatable bonds is 4. The average Bonchev–Trinajstić information content (AvgIpc) is 2.44. The molecule has 0 aliphatic carbocycles. The maximum absolute atomic E-state index is 12.0. The molecule has 1 aliphatic heterocycles. The second-order valence-corrected chi connectivity index (χ2v) is 4.67. The van der Waals surface area contributed by atoms with E-state index < -0.39 is 0 Å². The summed E-state index contributed by atoms with van der Waals surface area (Å²) in [6, 6.07) is 5.68. The van der Waals surface area contributed by atoms with Crippen molar-refractivity contribution in [3.8, 4) is 0 Å². The molecule has 1 aliphatic rings. The van der Waals surface area contributed by atoms with Crippen molar-refractivity contribution in [2.75, 3.05) is 13.2 Å². The Morgan fingerprint density at radius 3 is 3.06 bits per heavy atom. The molecule has 0 spiro atoms. The summed E-state index contributed by atoms with van der Waals surface area (Å²) >= 11 is 0. The van der Waals surface area contributed by atoms with E-state index in [2.05, 4.69) is 10.6 Å². The predicted molar refractivity (Wildman–Crippen MR) is 70.5 cm³/mol. The van der Waals surface area contributed by atoms with Gasteiger partial charge in [0.05, 0.1) is 12.6 Å². The Hall–Kier alpha value is -1.39. The Bertz CT molecular complexity index is 428. The lowest BCUT2D eigenvalue weighted by Gasteiger charge is -2.19. The van der Waals surface area contributed by atoms with E-state index in [1.165, 1.54) is 11.1 Å². The van der Waals surface area contributed by atoms with Crippen LogP contribution in [0, 0.1) is 0 Å². The minimum absolute atomic E-state index is 0.0191. The molecule has 1 amide bonds. The number of fused-ring (bicyclic) bond motifs is 1. The lowest BCUT2D eigenvalue weighted by molar-refractivity contribution is 0.0915.